The number of rotatable bonds is 3. The molecule has 2 atom stereocenters. The van der Waals surface area contributed by atoms with Crippen molar-refractivity contribution in [2.45, 2.75) is 25.5 Å². The zero-order valence-electron chi connectivity index (χ0n) is 9.48. The van der Waals surface area contributed by atoms with Gasteiger partial charge in [-0.2, -0.15) is 0 Å². The number of hydrogen-bond donors (Lipinski definition) is 1. The fourth-order valence-electron chi connectivity index (χ4n) is 1.63. The Labute approximate surface area is 105 Å². The van der Waals surface area contributed by atoms with Crippen LogP contribution in [0.1, 0.15) is 24.9 Å². The van der Waals surface area contributed by atoms with Gasteiger partial charge in [0.15, 0.2) is 6.10 Å². The van der Waals surface area contributed by atoms with Crippen LogP contribution in [0.2, 0.25) is 5.02 Å². The van der Waals surface area contributed by atoms with Crippen molar-refractivity contribution in [1.82, 2.24) is 0 Å². The summed E-state index contributed by atoms with van der Waals surface area (Å²) in [7, 11) is 0. The molecule has 0 amide bonds. The predicted molar refractivity (Wildman–Crippen MR) is 64.0 cm³/mol. The minimum absolute atomic E-state index is 0.0852. The van der Waals surface area contributed by atoms with Crippen LogP contribution >= 0.6 is 11.6 Å². The standard InChI is InChI=1S/C12H14ClNO3/c1-7(14)8-2-3-10(9(13)6-8)17-11-4-5-16-12(11)15/h2-3,6-7,11H,4-5,14H2,1H3. The molecule has 0 bridgehead atoms. The molecule has 1 aromatic carbocycles. The van der Waals surface area contributed by atoms with Gasteiger partial charge in [-0.25, -0.2) is 4.79 Å². The number of nitrogens with two attached hydrogens (primary N) is 1. The van der Waals surface area contributed by atoms with Gasteiger partial charge in [-0.05, 0) is 24.6 Å². The molecule has 0 aliphatic carbocycles. The first kappa shape index (κ1) is 12.2. The second-order valence-electron chi connectivity index (χ2n) is 4.04. The van der Waals surface area contributed by atoms with E-state index >= 15 is 0 Å². The van der Waals surface area contributed by atoms with Crippen LogP contribution in [-0.4, -0.2) is 18.7 Å². The van der Waals surface area contributed by atoms with Crippen LogP contribution in [0, 0.1) is 0 Å². The number of halogens is 1. The van der Waals surface area contributed by atoms with Crippen molar-refractivity contribution in [2.75, 3.05) is 6.61 Å². The van der Waals surface area contributed by atoms with E-state index in [1.54, 1.807) is 12.1 Å². The summed E-state index contributed by atoms with van der Waals surface area (Å²) in [4.78, 5) is 11.3. The van der Waals surface area contributed by atoms with Crippen molar-refractivity contribution >= 4 is 17.6 Å². The molecule has 17 heavy (non-hydrogen) atoms. The molecule has 1 heterocycles. The molecule has 0 spiro atoms. The molecular formula is C12H14ClNO3. The molecule has 4 nitrogen and oxygen atoms in total. The number of ether oxygens (including phenoxy) is 2. The van der Waals surface area contributed by atoms with Gasteiger partial charge in [0.25, 0.3) is 0 Å². The van der Waals surface area contributed by atoms with Crippen LogP contribution in [0.15, 0.2) is 18.2 Å². The second-order valence-corrected chi connectivity index (χ2v) is 4.45. The monoisotopic (exact) mass is 255 g/mol. The third-order valence-corrected chi connectivity index (χ3v) is 2.93. The summed E-state index contributed by atoms with van der Waals surface area (Å²) >= 11 is 6.07. The van der Waals surface area contributed by atoms with Crippen molar-refractivity contribution in [3.8, 4) is 5.75 Å². The first-order valence-electron chi connectivity index (χ1n) is 5.46. The van der Waals surface area contributed by atoms with E-state index in [1.165, 1.54) is 0 Å². The summed E-state index contributed by atoms with van der Waals surface area (Å²) in [5.74, 6) is 0.150. The number of carbonyl (C=O) groups excluding carboxylic acids is 1. The van der Waals surface area contributed by atoms with Gasteiger partial charge in [-0.1, -0.05) is 17.7 Å². The van der Waals surface area contributed by atoms with E-state index in [-0.39, 0.29) is 12.0 Å². The number of benzene rings is 1. The predicted octanol–water partition coefficient (Wildman–Crippen LogP) is 2.05. The minimum Gasteiger partial charge on any atom is -0.477 e. The first-order chi connectivity index (χ1) is 8.08. The fourth-order valence-corrected chi connectivity index (χ4v) is 1.87. The van der Waals surface area contributed by atoms with Gasteiger partial charge in [0, 0.05) is 12.5 Å². The SMILES string of the molecule is CC(N)c1ccc(OC2CCOC2=O)c(Cl)c1. The lowest BCUT2D eigenvalue weighted by atomic mass is 10.1. The minimum atomic E-state index is -0.548. The molecule has 1 aliphatic heterocycles. The first-order valence-corrected chi connectivity index (χ1v) is 5.84. The zero-order valence-corrected chi connectivity index (χ0v) is 10.2. The maximum atomic E-state index is 11.3. The van der Waals surface area contributed by atoms with E-state index in [2.05, 4.69) is 0 Å². The lowest BCUT2D eigenvalue weighted by Gasteiger charge is -2.13. The number of hydrogen-bond acceptors (Lipinski definition) is 4. The molecule has 1 fully saturated rings. The zero-order chi connectivity index (χ0) is 12.4. The van der Waals surface area contributed by atoms with Gasteiger partial charge in [0.05, 0.1) is 11.6 Å². The quantitative estimate of drug-likeness (QED) is 0.840. The number of carbonyl (C=O) groups is 1. The Morgan fingerprint density at radius 1 is 1.59 bits per heavy atom. The Balaban J connectivity index is 2.14. The largest absolute Gasteiger partial charge is 0.477 e. The van der Waals surface area contributed by atoms with Gasteiger partial charge in [0.2, 0.25) is 0 Å². The van der Waals surface area contributed by atoms with Crippen LogP contribution in [0.25, 0.3) is 0 Å². The van der Waals surface area contributed by atoms with E-state index < -0.39 is 6.10 Å². The van der Waals surface area contributed by atoms with Gasteiger partial charge < -0.3 is 15.2 Å². The second kappa shape index (κ2) is 4.94. The lowest BCUT2D eigenvalue weighted by molar-refractivity contribution is -0.143. The van der Waals surface area contributed by atoms with Gasteiger partial charge in [-0.15, -0.1) is 0 Å². The van der Waals surface area contributed by atoms with Crippen molar-refractivity contribution in [3.63, 3.8) is 0 Å². The van der Waals surface area contributed by atoms with Crippen molar-refractivity contribution < 1.29 is 14.3 Å². The molecule has 2 rings (SSSR count). The third-order valence-electron chi connectivity index (χ3n) is 2.64. The molecule has 0 saturated carbocycles. The summed E-state index contributed by atoms with van der Waals surface area (Å²) in [5.41, 5.74) is 6.67. The Morgan fingerprint density at radius 2 is 2.35 bits per heavy atom. The van der Waals surface area contributed by atoms with Crippen LogP contribution in [0.4, 0.5) is 0 Å². The van der Waals surface area contributed by atoms with Gasteiger partial charge in [0.1, 0.15) is 5.75 Å². The van der Waals surface area contributed by atoms with Crippen LogP contribution < -0.4 is 10.5 Å². The average molecular weight is 256 g/mol. The Kier molecular flexibility index (Phi) is 3.54. The molecule has 92 valence electrons. The lowest BCUT2D eigenvalue weighted by Crippen LogP contribution is -2.21. The smallest absolute Gasteiger partial charge is 0.347 e. The average Bonchev–Trinajstić information content (AvgIpc) is 2.67. The Bertz CT molecular complexity index is 434. The molecule has 2 N–H and O–H groups in total. The highest BCUT2D eigenvalue weighted by Gasteiger charge is 2.28. The van der Waals surface area contributed by atoms with Crippen LogP contribution in [0.3, 0.4) is 0 Å². The maximum Gasteiger partial charge on any atom is 0.347 e. The molecule has 0 radical (unpaired) electrons. The van der Waals surface area contributed by atoms with E-state index in [1.807, 2.05) is 13.0 Å². The highest BCUT2D eigenvalue weighted by Crippen LogP contribution is 2.29. The summed E-state index contributed by atoms with van der Waals surface area (Å²) in [5, 5.41) is 0.458. The molecule has 0 aromatic heterocycles. The highest BCUT2D eigenvalue weighted by atomic mass is 35.5. The maximum absolute atomic E-state index is 11.3. The highest BCUT2D eigenvalue weighted by molar-refractivity contribution is 6.32. The molecule has 1 saturated heterocycles. The van der Waals surface area contributed by atoms with Crippen LogP contribution in [0.5, 0.6) is 5.75 Å². The topological polar surface area (TPSA) is 61.6 Å². The van der Waals surface area contributed by atoms with Gasteiger partial charge >= 0.3 is 5.97 Å². The molecule has 5 heteroatoms. The summed E-state index contributed by atoms with van der Waals surface area (Å²) < 4.78 is 10.3. The molecule has 1 aliphatic rings. The Hall–Kier alpha value is -1.26. The number of esters is 1. The molecular weight excluding hydrogens is 242 g/mol. The van der Waals surface area contributed by atoms with Crippen molar-refractivity contribution in [3.05, 3.63) is 28.8 Å². The Morgan fingerprint density at radius 3 is 2.88 bits per heavy atom. The van der Waals surface area contributed by atoms with Crippen LogP contribution in [-0.2, 0) is 9.53 Å². The van der Waals surface area contributed by atoms with Gasteiger partial charge in [-0.3, -0.25) is 0 Å². The fraction of sp³-hybridized carbons (Fsp3) is 0.417. The van der Waals surface area contributed by atoms with Crippen molar-refractivity contribution in [2.24, 2.45) is 5.73 Å². The summed E-state index contributed by atoms with van der Waals surface area (Å²) in [6, 6.07) is 5.23. The van der Waals surface area contributed by atoms with E-state index in [9.17, 15) is 4.79 Å². The summed E-state index contributed by atoms with van der Waals surface area (Å²) in [6.45, 7) is 2.28. The molecule has 1 aromatic rings. The third kappa shape index (κ3) is 2.70. The summed E-state index contributed by atoms with van der Waals surface area (Å²) in [6.07, 6.45) is 0.0122. The van der Waals surface area contributed by atoms with E-state index in [0.29, 0.717) is 23.8 Å². The van der Waals surface area contributed by atoms with Crippen molar-refractivity contribution in [1.29, 1.82) is 0 Å². The molecule has 2 unspecified atom stereocenters. The normalized spacial score (nSPS) is 21.1. The van der Waals surface area contributed by atoms with E-state index in [4.69, 9.17) is 26.8 Å². The van der Waals surface area contributed by atoms with E-state index in [0.717, 1.165) is 5.56 Å². The number of cyclic esters (lactones) is 1.